The molecule has 0 bridgehead atoms. The Hall–Kier alpha value is -3.65. The quantitative estimate of drug-likeness (QED) is 0.165. The predicted octanol–water partition coefficient (Wildman–Crippen LogP) is 8.75. The molecule has 2 heterocycles. The van der Waals surface area contributed by atoms with E-state index in [2.05, 4.69) is 72.3 Å². The normalized spacial score (nSPS) is 14.0. The summed E-state index contributed by atoms with van der Waals surface area (Å²) in [5.41, 5.74) is 8.27. The third-order valence-electron chi connectivity index (χ3n) is 8.17. The van der Waals surface area contributed by atoms with Gasteiger partial charge in [-0.25, -0.2) is 4.98 Å². The summed E-state index contributed by atoms with van der Waals surface area (Å²) in [6, 6.07) is 24.4. The summed E-state index contributed by atoms with van der Waals surface area (Å²) in [6.45, 7) is 14.5. The first-order valence-electron chi connectivity index (χ1n) is 15.0. The largest absolute Gasteiger partial charge is 0.487 e. The highest BCUT2D eigenvalue weighted by Crippen LogP contribution is 2.36. The van der Waals surface area contributed by atoms with E-state index >= 15 is 0 Å². The molecule has 1 amide bonds. The molecule has 4 aromatic rings. The molecule has 0 N–H and O–H groups in total. The fourth-order valence-electron chi connectivity index (χ4n) is 5.22. The third-order valence-corrected chi connectivity index (χ3v) is 8.45. The van der Waals surface area contributed by atoms with E-state index in [0.717, 1.165) is 47.5 Å². The van der Waals surface area contributed by atoms with Gasteiger partial charge in [0.15, 0.2) is 5.75 Å². The van der Waals surface area contributed by atoms with E-state index in [1.807, 2.05) is 43.9 Å². The number of nitrogens with zero attached hydrogens (tertiary/aromatic N) is 3. The lowest BCUT2D eigenvalue weighted by molar-refractivity contribution is -0.128. The molecule has 1 aliphatic heterocycles. The lowest BCUT2D eigenvalue weighted by atomic mass is 9.99. The molecule has 0 aliphatic carbocycles. The van der Waals surface area contributed by atoms with Gasteiger partial charge in [-0.15, -0.1) is 17.0 Å². The number of amides is 1. The second-order valence-corrected chi connectivity index (χ2v) is 12.0. The molecule has 0 atom stereocenters. The van der Waals surface area contributed by atoms with Crippen LogP contribution in [0.25, 0.3) is 5.57 Å². The Morgan fingerprint density at radius 2 is 1.47 bits per heavy atom. The Morgan fingerprint density at radius 1 is 0.844 bits per heavy atom. The van der Waals surface area contributed by atoms with Crippen molar-refractivity contribution < 1.29 is 14.3 Å². The number of piperazine rings is 1. The molecular formula is C37H41BrClN3O3. The van der Waals surface area contributed by atoms with Crippen molar-refractivity contribution in [1.29, 1.82) is 0 Å². The summed E-state index contributed by atoms with van der Waals surface area (Å²) >= 11 is 6.71. The van der Waals surface area contributed by atoms with Gasteiger partial charge in [0.1, 0.15) is 12.4 Å². The number of aryl methyl sites for hydroxylation is 3. The van der Waals surface area contributed by atoms with Crippen LogP contribution in [0.15, 0.2) is 84.6 Å². The number of allylic oxidation sites excluding steroid dienone is 1. The van der Waals surface area contributed by atoms with Crippen LogP contribution in [-0.4, -0.2) is 46.9 Å². The van der Waals surface area contributed by atoms with Gasteiger partial charge < -0.3 is 14.4 Å². The standard InChI is InChI=1S/C37H40ClN3O3.BrH/c1-25-6-10-30(11-7-25)23-40-16-18-41(19-17-40)37(42)29(5)28(4)32-20-27(3)36(34(38)21-32)44-35-15-14-33(22-39-35)43-24-31-12-8-26(2)9-13-31;/h6-15,20-22H,16-19,23-24H2,1-5H3;1H/b29-28-;. The molecule has 0 spiro atoms. The Labute approximate surface area is 282 Å². The number of halogens is 2. The first-order valence-corrected chi connectivity index (χ1v) is 15.4. The van der Waals surface area contributed by atoms with Crippen LogP contribution in [0.3, 0.4) is 0 Å². The Balaban J connectivity index is 0.00000461. The zero-order valence-electron chi connectivity index (χ0n) is 26.6. The van der Waals surface area contributed by atoms with Crippen LogP contribution in [0.1, 0.15) is 47.2 Å². The van der Waals surface area contributed by atoms with Crippen LogP contribution in [0.5, 0.6) is 17.4 Å². The molecule has 1 aliphatic rings. The zero-order chi connectivity index (χ0) is 31.2. The van der Waals surface area contributed by atoms with Gasteiger partial charge in [-0.1, -0.05) is 71.3 Å². The first-order chi connectivity index (χ1) is 21.2. The van der Waals surface area contributed by atoms with Crippen LogP contribution < -0.4 is 9.47 Å². The highest BCUT2D eigenvalue weighted by Gasteiger charge is 2.23. The smallest absolute Gasteiger partial charge is 0.249 e. The highest BCUT2D eigenvalue weighted by atomic mass is 79.9. The van der Waals surface area contributed by atoms with Crippen molar-refractivity contribution in [3.63, 3.8) is 0 Å². The lowest BCUT2D eigenvalue weighted by Gasteiger charge is -2.35. The molecule has 1 fully saturated rings. The van der Waals surface area contributed by atoms with Gasteiger partial charge in [0.2, 0.25) is 11.8 Å². The fraction of sp³-hybridized carbons (Fsp3) is 0.297. The molecular weight excluding hydrogens is 650 g/mol. The molecule has 0 radical (unpaired) electrons. The van der Waals surface area contributed by atoms with Crippen molar-refractivity contribution in [1.82, 2.24) is 14.8 Å². The van der Waals surface area contributed by atoms with Crippen molar-refractivity contribution in [3.8, 4) is 17.4 Å². The van der Waals surface area contributed by atoms with E-state index in [1.165, 1.54) is 16.7 Å². The average molecular weight is 691 g/mol. The number of pyridine rings is 1. The second kappa shape index (κ2) is 15.6. The van der Waals surface area contributed by atoms with E-state index in [1.54, 1.807) is 12.3 Å². The third kappa shape index (κ3) is 8.97. The van der Waals surface area contributed by atoms with E-state index in [0.29, 0.717) is 42.1 Å². The van der Waals surface area contributed by atoms with Gasteiger partial charge in [-0.2, -0.15) is 0 Å². The topological polar surface area (TPSA) is 54.9 Å². The second-order valence-electron chi connectivity index (χ2n) is 11.6. The van der Waals surface area contributed by atoms with Gasteiger partial charge in [-0.05, 0) is 80.6 Å². The van der Waals surface area contributed by atoms with Gasteiger partial charge in [-0.3, -0.25) is 9.69 Å². The van der Waals surface area contributed by atoms with Crippen LogP contribution in [0.2, 0.25) is 5.02 Å². The van der Waals surface area contributed by atoms with Crippen molar-refractivity contribution in [2.24, 2.45) is 0 Å². The highest BCUT2D eigenvalue weighted by molar-refractivity contribution is 8.93. The summed E-state index contributed by atoms with van der Waals surface area (Å²) < 4.78 is 11.9. The van der Waals surface area contributed by atoms with Crippen molar-refractivity contribution in [2.45, 2.75) is 47.8 Å². The lowest BCUT2D eigenvalue weighted by Crippen LogP contribution is -2.48. The van der Waals surface area contributed by atoms with Crippen LogP contribution in [0.4, 0.5) is 0 Å². The predicted molar refractivity (Wildman–Crippen MR) is 188 cm³/mol. The van der Waals surface area contributed by atoms with Gasteiger partial charge in [0, 0.05) is 44.4 Å². The number of hydrogen-bond donors (Lipinski definition) is 0. The molecule has 3 aromatic carbocycles. The van der Waals surface area contributed by atoms with Gasteiger partial charge in [0.05, 0.1) is 11.2 Å². The number of benzene rings is 3. The molecule has 1 aromatic heterocycles. The van der Waals surface area contributed by atoms with E-state index in [4.69, 9.17) is 21.1 Å². The maximum Gasteiger partial charge on any atom is 0.249 e. The minimum absolute atomic E-state index is 0. The van der Waals surface area contributed by atoms with Crippen LogP contribution >= 0.6 is 28.6 Å². The van der Waals surface area contributed by atoms with Gasteiger partial charge >= 0.3 is 0 Å². The number of ether oxygens (including phenoxy) is 2. The molecule has 236 valence electrons. The van der Waals surface area contributed by atoms with Crippen molar-refractivity contribution >= 4 is 40.1 Å². The first kappa shape index (κ1) is 34.2. The van der Waals surface area contributed by atoms with Crippen molar-refractivity contribution in [3.05, 3.63) is 123 Å². The number of rotatable bonds is 9. The number of aromatic nitrogens is 1. The molecule has 1 saturated heterocycles. The number of carbonyl (C=O) groups excluding carboxylic acids is 1. The molecule has 5 rings (SSSR count). The van der Waals surface area contributed by atoms with E-state index < -0.39 is 0 Å². The molecule has 45 heavy (non-hydrogen) atoms. The molecule has 8 heteroatoms. The summed E-state index contributed by atoms with van der Waals surface area (Å²) in [5.74, 6) is 1.69. The Kier molecular flexibility index (Phi) is 11.8. The molecule has 6 nitrogen and oxygen atoms in total. The van der Waals surface area contributed by atoms with Crippen LogP contribution in [0, 0.1) is 20.8 Å². The van der Waals surface area contributed by atoms with Gasteiger partial charge in [0.25, 0.3) is 0 Å². The Bertz CT molecular complexity index is 1610. The van der Waals surface area contributed by atoms with E-state index in [-0.39, 0.29) is 22.9 Å². The maximum absolute atomic E-state index is 13.4. The van der Waals surface area contributed by atoms with Crippen molar-refractivity contribution in [2.75, 3.05) is 26.2 Å². The monoisotopic (exact) mass is 689 g/mol. The zero-order valence-corrected chi connectivity index (χ0v) is 29.1. The van der Waals surface area contributed by atoms with E-state index in [9.17, 15) is 4.79 Å². The molecule has 0 unspecified atom stereocenters. The van der Waals surface area contributed by atoms with Crippen LogP contribution in [-0.2, 0) is 17.9 Å². The SMILES string of the molecule is Br.C/C(C(=O)N1CCN(Cc2ccc(C)cc2)CC1)=C(\C)c1cc(C)c(Oc2ccc(OCc3ccc(C)cc3)cn2)c(Cl)c1. The summed E-state index contributed by atoms with van der Waals surface area (Å²) in [6.07, 6.45) is 1.64. The minimum Gasteiger partial charge on any atom is -0.487 e. The summed E-state index contributed by atoms with van der Waals surface area (Å²) in [7, 11) is 0. The minimum atomic E-state index is 0. The fourth-order valence-corrected chi connectivity index (χ4v) is 5.52. The number of hydrogen-bond acceptors (Lipinski definition) is 5. The Morgan fingerprint density at radius 3 is 2.04 bits per heavy atom. The number of carbonyl (C=O) groups is 1. The average Bonchev–Trinajstić information content (AvgIpc) is 3.03. The molecule has 0 saturated carbocycles. The summed E-state index contributed by atoms with van der Waals surface area (Å²) in [4.78, 5) is 22.2. The maximum atomic E-state index is 13.4. The summed E-state index contributed by atoms with van der Waals surface area (Å²) in [5, 5.41) is 0.464.